The lowest BCUT2D eigenvalue weighted by Crippen LogP contribution is -2.17. The lowest BCUT2D eigenvalue weighted by atomic mass is 9.78. The van der Waals surface area contributed by atoms with Gasteiger partial charge in [-0.15, -0.1) is 0 Å². The average molecular weight is 842 g/mol. The van der Waals surface area contributed by atoms with E-state index in [0.29, 0.717) is 0 Å². The van der Waals surface area contributed by atoms with Gasteiger partial charge < -0.3 is 9.32 Å². The normalized spacial score (nSPS) is 13.4. The molecule has 318 valence electrons. The Morgan fingerprint density at radius 1 is 0.400 bits per heavy atom. The van der Waals surface area contributed by atoms with Crippen molar-refractivity contribution in [3.63, 3.8) is 0 Å². The topological polar surface area (TPSA) is 16.4 Å². The van der Waals surface area contributed by atoms with Crippen LogP contribution in [0.25, 0.3) is 77.2 Å². The molecular formula is C63H55NO. The fraction of sp³-hybridized carbons (Fsp3) is 0.175. The molecular weight excluding hydrogens is 787 g/mol. The van der Waals surface area contributed by atoms with E-state index in [9.17, 15) is 0 Å². The minimum atomic E-state index is -0.170. The maximum atomic E-state index is 6.49. The number of benzene rings is 9. The fourth-order valence-corrected chi connectivity index (χ4v) is 10.4. The molecule has 0 atom stereocenters. The minimum absolute atomic E-state index is 0.00928. The third kappa shape index (κ3) is 6.78. The minimum Gasteiger partial charge on any atom is -0.456 e. The summed E-state index contributed by atoms with van der Waals surface area (Å²) in [6.45, 7) is 18.7. The van der Waals surface area contributed by atoms with Gasteiger partial charge in [0.05, 0.1) is 11.4 Å². The van der Waals surface area contributed by atoms with Gasteiger partial charge in [-0.05, 0) is 120 Å². The summed E-state index contributed by atoms with van der Waals surface area (Å²) in [6, 6.07) is 69.8. The summed E-state index contributed by atoms with van der Waals surface area (Å²) in [5.41, 5.74) is 20.0. The Balaban J connectivity index is 1.17. The second kappa shape index (κ2) is 15.0. The van der Waals surface area contributed by atoms with Gasteiger partial charge in [0.2, 0.25) is 0 Å². The molecule has 65 heavy (non-hydrogen) atoms. The van der Waals surface area contributed by atoms with Crippen molar-refractivity contribution in [2.24, 2.45) is 0 Å². The maximum Gasteiger partial charge on any atom is 0.136 e. The highest BCUT2D eigenvalue weighted by atomic mass is 16.3. The number of fused-ring (bicyclic) bond motifs is 7. The van der Waals surface area contributed by atoms with E-state index in [2.05, 4.69) is 242 Å². The molecule has 1 heterocycles. The first-order valence-corrected chi connectivity index (χ1v) is 23.1. The van der Waals surface area contributed by atoms with Crippen molar-refractivity contribution in [2.75, 3.05) is 4.90 Å². The predicted octanol–water partition coefficient (Wildman–Crippen LogP) is 18.1. The summed E-state index contributed by atoms with van der Waals surface area (Å²) in [4.78, 5) is 2.51. The second-order valence-corrected chi connectivity index (χ2v) is 20.6. The molecule has 0 aliphatic heterocycles. The van der Waals surface area contributed by atoms with Gasteiger partial charge in [0.1, 0.15) is 11.2 Å². The Kier molecular flexibility index (Phi) is 9.35. The van der Waals surface area contributed by atoms with Crippen molar-refractivity contribution in [1.29, 1.82) is 0 Å². The Morgan fingerprint density at radius 2 is 0.969 bits per heavy atom. The van der Waals surface area contributed by atoms with Gasteiger partial charge in [-0.3, -0.25) is 0 Å². The van der Waals surface area contributed by atoms with E-state index < -0.39 is 0 Å². The van der Waals surface area contributed by atoms with E-state index in [1.807, 2.05) is 6.07 Å². The molecule has 1 aromatic heterocycles. The van der Waals surface area contributed by atoms with Crippen LogP contribution < -0.4 is 4.90 Å². The largest absolute Gasteiger partial charge is 0.456 e. The highest BCUT2D eigenvalue weighted by Gasteiger charge is 2.36. The van der Waals surface area contributed by atoms with Gasteiger partial charge in [0.25, 0.3) is 0 Å². The molecule has 1 aliphatic carbocycles. The van der Waals surface area contributed by atoms with Crippen LogP contribution in [0.3, 0.4) is 0 Å². The molecule has 1 aliphatic rings. The molecule has 9 aromatic carbocycles. The van der Waals surface area contributed by atoms with Crippen molar-refractivity contribution in [1.82, 2.24) is 0 Å². The number of hydrogen-bond acceptors (Lipinski definition) is 2. The van der Waals surface area contributed by atoms with E-state index in [0.717, 1.165) is 50.1 Å². The van der Waals surface area contributed by atoms with Crippen LogP contribution in [0, 0.1) is 0 Å². The molecule has 0 saturated carbocycles. The highest BCUT2D eigenvalue weighted by molar-refractivity contribution is 6.10. The Labute approximate surface area is 383 Å². The van der Waals surface area contributed by atoms with Crippen LogP contribution in [0.5, 0.6) is 0 Å². The number of nitrogens with zero attached hydrogens (tertiary/aromatic N) is 1. The standard InChI is InChI=1S/C63H55NO/c1-61(2,3)43-35-42(36-44(38-43)62(4,5)6)47-25-17-19-40-20-18-26-53(60(40)47)50-23-11-15-29-57(50)64(45-32-34-49-48-22-9-13-27-54(48)63(7,8)55(49)39-45)56-28-14-10-21-46(56)41-31-33-52-51-24-12-16-30-58(51)65-59(52)37-41/h9-39H,1-8H3. The van der Waals surface area contributed by atoms with Crippen molar-refractivity contribution < 1.29 is 4.42 Å². The molecule has 2 nitrogen and oxygen atoms in total. The zero-order valence-corrected chi connectivity index (χ0v) is 38.8. The quantitative estimate of drug-likeness (QED) is 0.166. The zero-order valence-electron chi connectivity index (χ0n) is 38.8. The van der Waals surface area contributed by atoms with Gasteiger partial charge >= 0.3 is 0 Å². The molecule has 0 N–H and O–H groups in total. The zero-order chi connectivity index (χ0) is 44.8. The van der Waals surface area contributed by atoms with Crippen LogP contribution in [0.2, 0.25) is 0 Å². The Hall–Kier alpha value is -7.16. The van der Waals surface area contributed by atoms with E-state index in [1.54, 1.807) is 0 Å². The summed E-state index contributed by atoms with van der Waals surface area (Å²) in [6.07, 6.45) is 0. The first-order valence-electron chi connectivity index (χ1n) is 23.1. The smallest absolute Gasteiger partial charge is 0.136 e. The number of rotatable bonds is 6. The second-order valence-electron chi connectivity index (χ2n) is 20.6. The van der Waals surface area contributed by atoms with E-state index >= 15 is 0 Å². The van der Waals surface area contributed by atoms with E-state index in [-0.39, 0.29) is 16.2 Å². The number of anilines is 3. The van der Waals surface area contributed by atoms with Gasteiger partial charge in [0.15, 0.2) is 0 Å². The summed E-state index contributed by atoms with van der Waals surface area (Å²) >= 11 is 0. The van der Waals surface area contributed by atoms with Gasteiger partial charge in [0, 0.05) is 33.0 Å². The number of para-hydroxylation sites is 3. The van der Waals surface area contributed by atoms with Crippen molar-refractivity contribution in [3.05, 3.63) is 210 Å². The number of furan rings is 1. The number of hydrogen-bond donors (Lipinski definition) is 0. The van der Waals surface area contributed by atoms with Crippen molar-refractivity contribution in [2.45, 2.75) is 71.6 Å². The molecule has 0 unspecified atom stereocenters. The fourth-order valence-electron chi connectivity index (χ4n) is 10.4. The van der Waals surface area contributed by atoms with Gasteiger partial charge in [-0.2, -0.15) is 0 Å². The first kappa shape index (κ1) is 40.6. The van der Waals surface area contributed by atoms with Gasteiger partial charge in [-0.1, -0.05) is 201 Å². The monoisotopic (exact) mass is 841 g/mol. The van der Waals surface area contributed by atoms with Crippen LogP contribution in [0.15, 0.2) is 192 Å². The van der Waals surface area contributed by atoms with Crippen LogP contribution in [-0.2, 0) is 16.2 Å². The van der Waals surface area contributed by atoms with Crippen LogP contribution in [-0.4, -0.2) is 0 Å². The Morgan fingerprint density at radius 3 is 1.69 bits per heavy atom. The molecule has 0 radical (unpaired) electrons. The van der Waals surface area contributed by atoms with Crippen LogP contribution >= 0.6 is 0 Å². The summed E-state index contributed by atoms with van der Waals surface area (Å²) in [5, 5.41) is 4.73. The molecule has 0 fully saturated rings. The highest BCUT2D eigenvalue weighted by Crippen LogP contribution is 2.53. The average Bonchev–Trinajstić information content (AvgIpc) is 3.79. The van der Waals surface area contributed by atoms with Gasteiger partial charge in [-0.25, -0.2) is 0 Å². The maximum absolute atomic E-state index is 6.49. The molecule has 0 bridgehead atoms. The molecule has 2 heteroatoms. The molecule has 10 aromatic rings. The third-order valence-electron chi connectivity index (χ3n) is 14.0. The summed E-state index contributed by atoms with van der Waals surface area (Å²) in [7, 11) is 0. The third-order valence-corrected chi connectivity index (χ3v) is 14.0. The molecule has 0 saturated heterocycles. The lowest BCUT2D eigenvalue weighted by Gasteiger charge is -2.31. The molecule has 0 amide bonds. The lowest BCUT2D eigenvalue weighted by molar-refractivity contribution is 0.569. The van der Waals surface area contributed by atoms with Crippen molar-refractivity contribution in [3.8, 4) is 44.5 Å². The van der Waals surface area contributed by atoms with Crippen LogP contribution in [0.1, 0.15) is 77.6 Å². The first-order chi connectivity index (χ1) is 31.3. The van der Waals surface area contributed by atoms with Crippen molar-refractivity contribution >= 4 is 49.8 Å². The van der Waals surface area contributed by atoms with E-state index in [4.69, 9.17) is 4.42 Å². The molecule has 11 rings (SSSR count). The van der Waals surface area contributed by atoms with E-state index in [1.165, 1.54) is 66.4 Å². The summed E-state index contributed by atoms with van der Waals surface area (Å²) in [5.74, 6) is 0. The summed E-state index contributed by atoms with van der Waals surface area (Å²) < 4.78 is 6.49. The Bertz CT molecular complexity index is 3460. The SMILES string of the molecule is CC(C)(C)c1cc(-c2cccc3cccc(-c4ccccc4N(c4ccc5c(c4)C(C)(C)c4ccccc4-5)c4ccccc4-c4ccc5c(c4)oc4ccccc45)c23)cc(C(C)(C)C)c1. The predicted molar refractivity (Wildman–Crippen MR) is 277 cm³/mol. The molecule has 0 spiro atoms. The van der Waals surface area contributed by atoms with Crippen LogP contribution in [0.4, 0.5) is 17.1 Å².